The van der Waals surface area contributed by atoms with E-state index in [0.717, 1.165) is 26.5 Å². The second-order valence-electron chi connectivity index (χ2n) is 10.4. The molecule has 1 saturated heterocycles. The van der Waals surface area contributed by atoms with Gasteiger partial charge in [0.15, 0.2) is 24.0 Å². The lowest BCUT2D eigenvalue weighted by atomic mass is 10.0. The van der Waals surface area contributed by atoms with Crippen LogP contribution in [-0.2, 0) is 19.1 Å². The van der Waals surface area contributed by atoms with Gasteiger partial charge in [0.05, 0.1) is 0 Å². The Morgan fingerprint density at radius 3 is 2.13 bits per heavy atom. The van der Waals surface area contributed by atoms with Gasteiger partial charge in [-0.3, -0.25) is 14.5 Å². The van der Waals surface area contributed by atoms with Crippen LogP contribution in [-0.4, -0.2) is 50.8 Å². The van der Waals surface area contributed by atoms with Gasteiger partial charge in [-0.15, -0.1) is 0 Å². The number of carbonyl (C=O) groups is 3. The molecule has 1 aromatic heterocycles. The summed E-state index contributed by atoms with van der Waals surface area (Å²) in [5.74, 6) is -1.98. The summed E-state index contributed by atoms with van der Waals surface area (Å²) in [5.41, 5.74) is 2.32. The van der Waals surface area contributed by atoms with Gasteiger partial charge >= 0.3 is 5.97 Å². The van der Waals surface area contributed by atoms with Crippen LogP contribution in [0.2, 0.25) is 0 Å². The third-order valence-electron chi connectivity index (χ3n) is 7.17. The van der Waals surface area contributed by atoms with Crippen LogP contribution in [0.4, 0.5) is 0 Å². The minimum Gasteiger partial charge on any atom is -0.510 e. The molecule has 1 aliphatic rings. The molecule has 12 heteroatoms. The molecule has 2 heterocycles. The maximum absolute atomic E-state index is 13.9. The van der Waals surface area contributed by atoms with Crippen LogP contribution in [0.3, 0.4) is 0 Å². The van der Waals surface area contributed by atoms with Crippen molar-refractivity contribution in [1.29, 1.82) is 0 Å². The number of hydrogen-bond acceptors (Lipinski definition) is 10. The van der Waals surface area contributed by atoms with Crippen molar-refractivity contribution < 1.29 is 33.4 Å². The molecule has 6 rings (SSSR count). The second kappa shape index (κ2) is 14.5. The van der Waals surface area contributed by atoms with Gasteiger partial charge in [-0.05, 0) is 42.3 Å². The lowest BCUT2D eigenvalue weighted by Crippen LogP contribution is -2.69. The minimum atomic E-state index is -1.05. The molecule has 4 aromatic carbocycles. The van der Waals surface area contributed by atoms with Gasteiger partial charge in [0.1, 0.15) is 28.4 Å². The number of aliphatic hydroxyl groups is 1. The normalized spacial score (nSPS) is 16.4. The highest BCUT2D eigenvalue weighted by Gasteiger charge is 2.53. The number of fused-ring (bicyclic) bond motifs is 1. The van der Waals surface area contributed by atoms with Crippen molar-refractivity contribution in [2.75, 3.05) is 6.61 Å². The summed E-state index contributed by atoms with van der Waals surface area (Å²) < 4.78 is 17.4. The predicted molar refractivity (Wildman–Crippen MR) is 178 cm³/mol. The van der Waals surface area contributed by atoms with Crippen molar-refractivity contribution in [3.05, 3.63) is 138 Å². The standard InChI is InChI=1S/C35H29N3O7S2/c1-22(39)30(34(42)45-31(23-13-5-2-6-14-23)24-15-7-3-8-16-24)38-32(41)29(37-28(40)21-43-25-17-9-4-10-18-25)33(38)46-47-35-36-26-19-11-12-20-27(26)44-35/h2-20,29,31,33,39H,21H2,1H3,(H,37,40)/b30-22+. The van der Waals surface area contributed by atoms with Gasteiger partial charge in [-0.2, -0.15) is 0 Å². The molecule has 2 unspecified atom stereocenters. The first-order valence-electron chi connectivity index (χ1n) is 14.6. The fourth-order valence-corrected chi connectivity index (χ4v) is 7.34. The molecule has 0 saturated carbocycles. The quantitative estimate of drug-likeness (QED) is 0.0505. The molecular formula is C35H29N3O7S2. The highest BCUT2D eigenvalue weighted by Crippen LogP contribution is 2.44. The number of ether oxygens (including phenoxy) is 2. The van der Waals surface area contributed by atoms with Crippen LogP contribution in [0, 0.1) is 0 Å². The molecule has 2 N–H and O–H groups in total. The first-order valence-corrected chi connectivity index (χ1v) is 16.8. The number of hydrogen-bond donors (Lipinski definition) is 2. The van der Waals surface area contributed by atoms with Gasteiger partial charge in [0, 0.05) is 10.8 Å². The van der Waals surface area contributed by atoms with Crippen molar-refractivity contribution in [1.82, 2.24) is 15.2 Å². The lowest BCUT2D eigenvalue weighted by Gasteiger charge is -2.46. The first-order chi connectivity index (χ1) is 22.9. The van der Waals surface area contributed by atoms with E-state index in [1.165, 1.54) is 6.92 Å². The number of likely N-dealkylation sites (tertiary alicyclic amines) is 1. The van der Waals surface area contributed by atoms with Crippen LogP contribution in [0.1, 0.15) is 24.2 Å². The number of oxazole rings is 1. The Hall–Kier alpha value is -5.20. The molecule has 1 aliphatic heterocycles. The van der Waals surface area contributed by atoms with Gasteiger partial charge in [0.2, 0.25) is 0 Å². The zero-order valence-electron chi connectivity index (χ0n) is 25.0. The number of nitrogens with zero attached hydrogens (tertiary/aromatic N) is 2. The third-order valence-corrected chi connectivity index (χ3v) is 9.57. The number of allylic oxidation sites excluding steroid dienone is 1. The maximum Gasteiger partial charge on any atom is 0.359 e. The molecule has 2 amide bonds. The number of benzene rings is 4. The summed E-state index contributed by atoms with van der Waals surface area (Å²) in [6, 6.07) is 33.4. The number of aliphatic hydroxyl groups excluding tert-OH is 1. The predicted octanol–water partition coefficient (Wildman–Crippen LogP) is 6.42. The van der Waals surface area contributed by atoms with Crippen LogP contribution in [0.15, 0.2) is 136 Å². The van der Waals surface area contributed by atoms with E-state index in [1.807, 2.05) is 84.9 Å². The van der Waals surface area contributed by atoms with Crippen LogP contribution >= 0.6 is 21.6 Å². The monoisotopic (exact) mass is 667 g/mol. The zero-order chi connectivity index (χ0) is 32.8. The maximum atomic E-state index is 13.9. The number of rotatable bonds is 12. The van der Waals surface area contributed by atoms with E-state index >= 15 is 0 Å². The van der Waals surface area contributed by atoms with Crippen LogP contribution < -0.4 is 10.1 Å². The first kappa shape index (κ1) is 31.8. The molecule has 2 atom stereocenters. The molecule has 0 bridgehead atoms. The average Bonchev–Trinajstić information content (AvgIpc) is 3.52. The Balaban J connectivity index is 1.24. The SMILES string of the molecule is C/C(O)=C(/C(=O)OC(c1ccccc1)c1ccccc1)N1C(=O)C(NC(=O)COc2ccccc2)C1SSc1nc2ccccc2o1. The Kier molecular flexibility index (Phi) is 9.79. The Morgan fingerprint density at radius 1 is 0.915 bits per heavy atom. The van der Waals surface area contributed by atoms with Crippen LogP contribution in [0.5, 0.6) is 5.75 Å². The number of esters is 1. The molecule has 47 heavy (non-hydrogen) atoms. The van der Waals surface area contributed by atoms with Gasteiger partial charge in [0.25, 0.3) is 17.0 Å². The molecule has 10 nitrogen and oxygen atoms in total. The number of carbonyl (C=O) groups excluding carboxylic acids is 3. The summed E-state index contributed by atoms with van der Waals surface area (Å²) in [4.78, 5) is 46.0. The molecule has 238 valence electrons. The second-order valence-corrected chi connectivity index (χ2v) is 12.7. The highest BCUT2D eigenvalue weighted by atomic mass is 33.1. The van der Waals surface area contributed by atoms with Crippen molar-refractivity contribution in [2.45, 2.75) is 29.7 Å². The summed E-state index contributed by atoms with van der Waals surface area (Å²) in [7, 11) is 2.27. The van der Waals surface area contributed by atoms with Crippen molar-refractivity contribution >= 4 is 50.5 Å². The number of nitrogens with one attached hydrogen (secondary N) is 1. The smallest absolute Gasteiger partial charge is 0.359 e. The number of β-lactam (4-membered cyclic amide) rings is 1. The van der Waals surface area contributed by atoms with E-state index in [-0.39, 0.29) is 12.3 Å². The minimum absolute atomic E-state index is 0.315. The van der Waals surface area contributed by atoms with E-state index in [9.17, 15) is 19.5 Å². The zero-order valence-corrected chi connectivity index (χ0v) is 26.6. The summed E-state index contributed by atoms with van der Waals surface area (Å²) >= 11 is 0. The Morgan fingerprint density at radius 2 is 1.51 bits per heavy atom. The van der Waals surface area contributed by atoms with Crippen molar-refractivity contribution in [3.8, 4) is 5.75 Å². The molecule has 0 radical (unpaired) electrons. The summed E-state index contributed by atoms with van der Waals surface area (Å²) in [6.45, 7) is 0.974. The topological polar surface area (TPSA) is 131 Å². The van der Waals surface area contributed by atoms with Gasteiger partial charge < -0.3 is 24.3 Å². The number of amides is 2. The number of aromatic nitrogens is 1. The fourth-order valence-electron chi connectivity index (χ4n) is 4.96. The van der Waals surface area contributed by atoms with E-state index in [1.54, 1.807) is 30.3 Å². The lowest BCUT2D eigenvalue weighted by molar-refractivity contribution is -0.155. The molecule has 1 fully saturated rings. The van der Waals surface area contributed by atoms with Gasteiger partial charge in [-0.1, -0.05) is 102 Å². The average molecular weight is 668 g/mol. The molecular weight excluding hydrogens is 639 g/mol. The van der Waals surface area contributed by atoms with Gasteiger partial charge in [-0.25, -0.2) is 9.78 Å². The Bertz CT molecular complexity index is 1830. The molecule has 0 aliphatic carbocycles. The van der Waals surface area contributed by atoms with Crippen molar-refractivity contribution in [2.24, 2.45) is 0 Å². The van der Waals surface area contributed by atoms with E-state index in [0.29, 0.717) is 33.2 Å². The third kappa shape index (κ3) is 7.29. The largest absolute Gasteiger partial charge is 0.510 e. The highest BCUT2D eigenvalue weighted by molar-refractivity contribution is 8.76. The fraction of sp³-hybridized carbons (Fsp3) is 0.143. The number of para-hydroxylation sites is 3. The van der Waals surface area contributed by atoms with Crippen molar-refractivity contribution in [3.63, 3.8) is 0 Å². The Labute approximate surface area is 278 Å². The van der Waals surface area contributed by atoms with E-state index in [4.69, 9.17) is 13.9 Å². The molecule has 5 aromatic rings. The molecule has 0 spiro atoms. The summed E-state index contributed by atoms with van der Waals surface area (Å²) in [6.07, 6.45) is -0.818. The van der Waals surface area contributed by atoms with Crippen LogP contribution in [0.25, 0.3) is 11.1 Å². The van der Waals surface area contributed by atoms with E-state index < -0.39 is 41.1 Å². The van der Waals surface area contributed by atoms with E-state index in [2.05, 4.69) is 10.3 Å². The summed E-state index contributed by atoms with van der Waals surface area (Å²) in [5, 5.41) is 13.0.